The molecule has 0 unspecified atom stereocenters. The smallest absolute Gasteiger partial charge is 0.186 e. The van der Waals surface area contributed by atoms with E-state index in [4.69, 9.17) is 9.15 Å². The van der Waals surface area contributed by atoms with Crippen molar-refractivity contribution in [3.05, 3.63) is 55.3 Å². The quantitative estimate of drug-likeness (QED) is 0.429. The Bertz CT molecular complexity index is 1230. The lowest BCUT2D eigenvalue weighted by atomic mass is 10.1. The maximum atomic E-state index is 5.51. The largest absolute Gasteiger partial charge is 0.495 e. The van der Waals surface area contributed by atoms with Crippen LogP contribution in [0, 0.1) is 0 Å². The van der Waals surface area contributed by atoms with Crippen molar-refractivity contribution in [2.45, 2.75) is 0 Å². The van der Waals surface area contributed by atoms with Crippen molar-refractivity contribution in [3.8, 4) is 28.3 Å². The maximum absolute atomic E-state index is 5.51. The van der Waals surface area contributed by atoms with Gasteiger partial charge in [0.2, 0.25) is 0 Å². The molecule has 4 aromatic heterocycles. The Morgan fingerprint density at radius 3 is 2.89 bits per heavy atom. The zero-order valence-electron chi connectivity index (χ0n) is 14.8. The van der Waals surface area contributed by atoms with E-state index >= 15 is 0 Å². The van der Waals surface area contributed by atoms with Gasteiger partial charge in [-0.2, -0.15) is 10.2 Å². The molecule has 0 saturated carbocycles. The van der Waals surface area contributed by atoms with Gasteiger partial charge in [0, 0.05) is 17.3 Å². The molecule has 138 valence electrons. The summed E-state index contributed by atoms with van der Waals surface area (Å²) < 4.78 is 11.0. The van der Waals surface area contributed by atoms with E-state index in [1.807, 2.05) is 30.3 Å². The Morgan fingerprint density at radius 2 is 2.11 bits per heavy atom. The number of H-pyrrole nitrogens is 2. The number of benzene rings is 1. The fraction of sp³-hybridized carbons (Fsp3) is 0.0526. The molecule has 9 heteroatoms. The number of hydrogen-bond acceptors (Lipinski definition) is 7. The lowest BCUT2D eigenvalue weighted by Crippen LogP contribution is -1.99. The van der Waals surface area contributed by atoms with E-state index in [0.717, 1.165) is 33.7 Å². The molecule has 5 aromatic rings. The average Bonchev–Trinajstić information content (AvgIpc) is 3.49. The maximum Gasteiger partial charge on any atom is 0.186 e. The van der Waals surface area contributed by atoms with Crippen molar-refractivity contribution in [1.82, 2.24) is 30.4 Å². The van der Waals surface area contributed by atoms with E-state index in [2.05, 4.69) is 35.7 Å². The van der Waals surface area contributed by atoms with Gasteiger partial charge >= 0.3 is 0 Å². The first-order valence-corrected chi connectivity index (χ1v) is 8.50. The lowest BCUT2D eigenvalue weighted by Gasteiger charge is -2.12. The van der Waals surface area contributed by atoms with Crippen LogP contribution in [-0.4, -0.2) is 37.5 Å². The van der Waals surface area contributed by atoms with Crippen molar-refractivity contribution in [1.29, 1.82) is 0 Å². The van der Waals surface area contributed by atoms with Crippen LogP contribution in [-0.2, 0) is 0 Å². The Morgan fingerprint density at radius 1 is 1.14 bits per heavy atom. The predicted octanol–water partition coefficient (Wildman–Crippen LogP) is 3.76. The zero-order chi connectivity index (χ0) is 18.9. The van der Waals surface area contributed by atoms with Crippen LogP contribution in [0.4, 0.5) is 11.5 Å². The summed E-state index contributed by atoms with van der Waals surface area (Å²) in [7, 11) is 1.62. The molecule has 0 amide bonds. The molecule has 0 aliphatic heterocycles. The van der Waals surface area contributed by atoms with Crippen LogP contribution in [0.3, 0.4) is 0 Å². The number of ether oxygens (including phenoxy) is 1. The fourth-order valence-electron chi connectivity index (χ4n) is 3.08. The number of furan rings is 1. The van der Waals surface area contributed by atoms with Gasteiger partial charge in [-0.15, -0.1) is 0 Å². The molecule has 0 aliphatic rings. The van der Waals surface area contributed by atoms with Gasteiger partial charge in [-0.05, 0) is 30.3 Å². The standard InChI is InChI=1S/C19H15N7O2/c1-27-15-5-4-11(14-3-2-6-28-14)7-13(15)24-18-16-17(12-8-22-23-9-12)25-26-19(16)21-10-20-18/h2-10H,1H3,(H,22,23)(H2,20,21,24,25,26). The van der Waals surface area contributed by atoms with E-state index in [1.54, 1.807) is 25.8 Å². The van der Waals surface area contributed by atoms with Gasteiger partial charge in [-0.1, -0.05) is 0 Å². The summed E-state index contributed by atoms with van der Waals surface area (Å²) in [5.41, 5.74) is 3.84. The first-order chi connectivity index (χ1) is 13.8. The number of aromatic amines is 2. The molecule has 0 atom stereocenters. The van der Waals surface area contributed by atoms with Crippen LogP contribution in [0.15, 0.2) is 59.7 Å². The first kappa shape index (κ1) is 16.1. The van der Waals surface area contributed by atoms with Gasteiger partial charge in [0.25, 0.3) is 0 Å². The summed E-state index contributed by atoms with van der Waals surface area (Å²) in [6.45, 7) is 0. The molecule has 0 fully saturated rings. The molecule has 1 aromatic carbocycles. The average molecular weight is 373 g/mol. The number of nitrogens with zero attached hydrogens (tertiary/aromatic N) is 4. The van der Waals surface area contributed by atoms with Gasteiger partial charge in [0.15, 0.2) is 5.65 Å². The highest BCUT2D eigenvalue weighted by Crippen LogP contribution is 2.36. The number of hydrogen-bond donors (Lipinski definition) is 3. The van der Waals surface area contributed by atoms with E-state index in [0.29, 0.717) is 17.2 Å². The minimum absolute atomic E-state index is 0.551. The van der Waals surface area contributed by atoms with E-state index < -0.39 is 0 Å². The third-order valence-corrected chi connectivity index (χ3v) is 4.40. The molecule has 0 spiro atoms. The van der Waals surface area contributed by atoms with E-state index in [1.165, 1.54) is 6.33 Å². The molecule has 4 heterocycles. The second-order valence-corrected chi connectivity index (χ2v) is 6.02. The number of methoxy groups -OCH3 is 1. The minimum atomic E-state index is 0.551. The van der Waals surface area contributed by atoms with Gasteiger partial charge in [0.05, 0.1) is 36.3 Å². The van der Waals surface area contributed by atoms with Crippen LogP contribution in [0.5, 0.6) is 5.75 Å². The van der Waals surface area contributed by atoms with Crippen LogP contribution in [0.1, 0.15) is 0 Å². The fourth-order valence-corrected chi connectivity index (χ4v) is 3.08. The van der Waals surface area contributed by atoms with Gasteiger partial charge in [-0.25, -0.2) is 9.97 Å². The monoisotopic (exact) mass is 373 g/mol. The number of aromatic nitrogens is 6. The molecule has 28 heavy (non-hydrogen) atoms. The minimum Gasteiger partial charge on any atom is -0.495 e. The third kappa shape index (κ3) is 2.65. The predicted molar refractivity (Wildman–Crippen MR) is 103 cm³/mol. The normalized spacial score (nSPS) is 11.0. The molecule has 9 nitrogen and oxygen atoms in total. The molecular weight excluding hydrogens is 358 g/mol. The Labute approximate surface area is 158 Å². The highest BCUT2D eigenvalue weighted by Gasteiger charge is 2.17. The Hall–Kier alpha value is -4.14. The van der Waals surface area contributed by atoms with Crippen molar-refractivity contribution >= 4 is 22.5 Å². The van der Waals surface area contributed by atoms with Crippen molar-refractivity contribution in [3.63, 3.8) is 0 Å². The van der Waals surface area contributed by atoms with Crippen LogP contribution >= 0.6 is 0 Å². The summed E-state index contributed by atoms with van der Waals surface area (Å²) >= 11 is 0. The van der Waals surface area contributed by atoms with Crippen LogP contribution < -0.4 is 10.1 Å². The molecule has 0 bridgehead atoms. The summed E-state index contributed by atoms with van der Waals surface area (Å²) in [4.78, 5) is 8.67. The van der Waals surface area contributed by atoms with Gasteiger partial charge in [-0.3, -0.25) is 10.2 Å². The zero-order valence-corrected chi connectivity index (χ0v) is 14.8. The number of nitrogens with one attached hydrogen (secondary N) is 3. The number of anilines is 2. The Kier molecular flexibility index (Phi) is 3.75. The molecular formula is C19H15N7O2. The third-order valence-electron chi connectivity index (χ3n) is 4.40. The molecule has 0 saturated heterocycles. The first-order valence-electron chi connectivity index (χ1n) is 8.50. The second kappa shape index (κ2) is 6.54. The van der Waals surface area contributed by atoms with Gasteiger partial charge in [0.1, 0.15) is 23.7 Å². The molecule has 0 aliphatic carbocycles. The van der Waals surface area contributed by atoms with Crippen LogP contribution in [0.2, 0.25) is 0 Å². The summed E-state index contributed by atoms with van der Waals surface area (Å²) in [6.07, 6.45) is 6.60. The summed E-state index contributed by atoms with van der Waals surface area (Å²) in [6, 6.07) is 9.52. The van der Waals surface area contributed by atoms with Crippen molar-refractivity contribution in [2.75, 3.05) is 12.4 Å². The highest BCUT2D eigenvalue weighted by molar-refractivity contribution is 5.99. The topological polar surface area (TPSA) is 118 Å². The summed E-state index contributed by atoms with van der Waals surface area (Å²) in [5, 5.41) is 18.2. The highest BCUT2D eigenvalue weighted by atomic mass is 16.5. The number of rotatable bonds is 5. The van der Waals surface area contributed by atoms with Gasteiger partial charge < -0.3 is 14.5 Å². The lowest BCUT2D eigenvalue weighted by molar-refractivity contribution is 0.417. The molecule has 5 rings (SSSR count). The van der Waals surface area contributed by atoms with Crippen molar-refractivity contribution in [2.24, 2.45) is 0 Å². The second-order valence-electron chi connectivity index (χ2n) is 6.02. The SMILES string of the molecule is COc1ccc(-c2ccco2)cc1Nc1ncnc2n[nH]c(-c3cn[nH]c3)c12. The van der Waals surface area contributed by atoms with Crippen molar-refractivity contribution < 1.29 is 9.15 Å². The summed E-state index contributed by atoms with van der Waals surface area (Å²) in [5.74, 6) is 2.04. The number of fused-ring (bicyclic) bond motifs is 1. The van der Waals surface area contributed by atoms with Crippen LogP contribution in [0.25, 0.3) is 33.6 Å². The molecule has 3 N–H and O–H groups in total. The van der Waals surface area contributed by atoms with E-state index in [-0.39, 0.29) is 0 Å². The Balaban J connectivity index is 1.62. The van der Waals surface area contributed by atoms with E-state index in [9.17, 15) is 0 Å². The molecule has 0 radical (unpaired) electrons.